The molecule has 0 aliphatic rings. The number of nitrogen functional groups attached to an aromatic ring is 1. The van der Waals surface area contributed by atoms with Crippen LogP contribution in [0.1, 0.15) is 0 Å². The predicted octanol–water partition coefficient (Wildman–Crippen LogP) is 2.13. The first-order chi connectivity index (χ1) is 6.68. The second-order valence-corrected chi connectivity index (χ2v) is 3.64. The third-order valence-electron chi connectivity index (χ3n) is 1.87. The predicted molar refractivity (Wildman–Crippen MR) is 57.8 cm³/mol. The van der Waals surface area contributed by atoms with Crippen LogP contribution >= 0.6 is 15.9 Å². The number of phenols is 1. The molecule has 4 nitrogen and oxygen atoms in total. The quantitative estimate of drug-likeness (QED) is 0.729. The average Bonchev–Trinajstić information content (AvgIpc) is 2.57. The molecule has 0 atom stereocenters. The highest BCUT2D eigenvalue weighted by Gasteiger charge is 2.08. The van der Waals surface area contributed by atoms with Gasteiger partial charge in [0, 0.05) is 11.6 Å². The van der Waals surface area contributed by atoms with Crippen molar-refractivity contribution in [1.29, 1.82) is 0 Å². The molecule has 1 aromatic heterocycles. The second-order valence-electron chi connectivity index (χ2n) is 2.85. The van der Waals surface area contributed by atoms with Crippen LogP contribution in [0.25, 0.3) is 11.3 Å². The highest BCUT2D eigenvalue weighted by atomic mass is 79.9. The summed E-state index contributed by atoms with van der Waals surface area (Å²) in [5.41, 5.74) is 7.08. The fourth-order valence-electron chi connectivity index (χ4n) is 1.20. The lowest BCUT2D eigenvalue weighted by atomic mass is 10.1. The van der Waals surface area contributed by atoms with Crippen molar-refractivity contribution in [2.45, 2.75) is 0 Å². The van der Waals surface area contributed by atoms with E-state index in [1.165, 1.54) is 0 Å². The van der Waals surface area contributed by atoms with Gasteiger partial charge in [-0.25, -0.2) is 0 Å². The maximum Gasteiger partial charge on any atom is 0.145 e. The Morgan fingerprint density at radius 2 is 2.21 bits per heavy atom. The number of halogens is 1. The van der Waals surface area contributed by atoms with Crippen LogP contribution in [0, 0.1) is 0 Å². The fraction of sp³-hybridized carbons (Fsp3) is 0. The van der Waals surface area contributed by atoms with Gasteiger partial charge >= 0.3 is 0 Å². The Balaban J connectivity index is 2.57. The molecule has 0 spiro atoms. The van der Waals surface area contributed by atoms with Gasteiger partial charge in [0.1, 0.15) is 11.6 Å². The maximum atomic E-state index is 9.46. The summed E-state index contributed by atoms with van der Waals surface area (Å²) in [6, 6.07) is 6.93. The number of benzene rings is 1. The number of aromatic amines is 1. The van der Waals surface area contributed by atoms with E-state index in [0.717, 1.165) is 11.3 Å². The minimum Gasteiger partial charge on any atom is -0.507 e. The van der Waals surface area contributed by atoms with E-state index in [0.29, 0.717) is 10.3 Å². The molecule has 2 aromatic rings. The molecule has 0 aliphatic heterocycles. The van der Waals surface area contributed by atoms with Crippen LogP contribution in [-0.2, 0) is 0 Å². The first kappa shape index (κ1) is 9.08. The number of nitrogens with two attached hydrogens (primary N) is 1. The van der Waals surface area contributed by atoms with Crippen molar-refractivity contribution in [3.05, 3.63) is 28.7 Å². The lowest BCUT2D eigenvalue weighted by molar-refractivity contribution is 0.472. The summed E-state index contributed by atoms with van der Waals surface area (Å²) >= 11 is 3.29. The molecule has 0 amide bonds. The number of nitrogens with one attached hydrogen (secondary N) is 1. The average molecular weight is 254 g/mol. The summed E-state index contributed by atoms with van der Waals surface area (Å²) in [5.74, 6) is 0.617. The number of nitrogens with zero attached hydrogens (tertiary/aromatic N) is 1. The molecule has 0 unspecified atom stereocenters. The monoisotopic (exact) mass is 253 g/mol. The van der Waals surface area contributed by atoms with Gasteiger partial charge in [0.05, 0.1) is 10.2 Å². The van der Waals surface area contributed by atoms with E-state index in [1.54, 1.807) is 18.2 Å². The van der Waals surface area contributed by atoms with Crippen LogP contribution in [0.3, 0.4) is 0 Å². The summed E-state index contributed by atoms with van der Waals surface area (Å²) in [7, 11) is 0. The Morgan fingerprint density at radius 1 is 1.43 bits per heavy atom. The standard InChI is InChI=1S/C9H8BrN3O/c10-9-5(2-1-3-7(9)14)6-4-8(11)13-12-6/h1-4,14H,(H3,11,12,13). The number of aromatic nitrogens is 2. The molecule has 4 N–H and O–H groups in total. The Bertz CT molecular complexity index is 467. The lowest BCUT2D eigenvalue weighted by Gasteiger charge is -2.02. The van der Waals surface area contributed by atoms with Gasteiger partial charge in [-0.15, -0.1) is 0 Å². The van der Waals surface area contributed by atoms with E-state index in [-0.39, 0.29) is 5.75 Å². The van der Waals surface area contributed by atoms with Crippen LogP contribution in [0.4, 0.5) is 5.82 Å². The van der Waals surface area contributed by atoms with Crippen LogP contribution < -0.4 is 5.73 Å². The molecular weight excluding hydrogens is 246 g/mol. The van der Waals surface area contributed by atoms with Crippen LogP contribution in [0.15, 0.2) is 28.7 Å². The van der Waals surface area contributed by atoms with Crippen molar-refractivity contribution in [3.63, 3.8) is 0 Å². The van der Waals surface area contributed by atoms with E-state index in [9.17, 15) is 5.11 Å². The first-order valence-corrected chi connectivity index (χ1v) is 4.76. The van der Waals surface area contributed by atoms with E-state index < -0.39 is 0 Å². The summed E-state index contributed by atoms with van der Waals surface area (Å²) in [5, 5.41) is 16.0. The van der Waals surface area contributed by atoms with Crippen molar-refractivity contribution >= 4 is 21.7 Å². The van der Waals surface area contributed by atoms with Gasteiger partial charge in [-0.05, 0) is 22.0 Å². The third-order valence-corrected chi connectivity index (χ3v) is 2.70. The minimum absolute atomic E-state index is 0.190. The molecule has 0 fully saturated rings. The number of hydrogen-bond donors (Lipinski definition) is 3. The number of hydrogen-bond acceptors (Lipinski definition) is 3. The van der Waals surface area contributed by atoms with E-state index in [4.69, 9.17) is 5.73 Å². The van der Waals surface area contributed by atoms with Crippen molar-refractivity contribution in [2.24, 2.45) is 0 Å². The Labute approximate surface area is 88.9 Å². The molecule has 0 radical (unpaired) electrons. The summed E-state index contributed by atoms with van der Waals surface area (Å²) in [6.45, 7) is 0. The van der Waals surface area contributed by atoms with Crippen molar-refractivity contribution in [1.82, 2.24) is 10.2 Å². The second kappa shape index (κ2) is 3.34. The molecule has 1 heterocycles. The van der Waals surface area contributed by atoms with Gasteiger partial charge in [-0.2, -0.15) is 5.10 Å². The largest absolute Gasteiger partial charge is 0.507 e. The third kappa shape index (κ3) is 1.46. The molecule has 14 heavy (non-hydrogen) atoms. The molecule has 2 rings (SSSR count). The van der Waals surface area contributed by atoms with Gasteiger partial charge in [0.15, 0.2) is 0 Å². The van der Waals surface area contributed by atoms with Gasteiger partial charge in [-0.3, -0.25) is 5.10 Å². The summed E-state index contributed by atoms with van der Waals surface area (Å²) in [6.07, 6.45) is 0. The van der Waals surface area contributed by atoms with Crippen molar-refractivity contribution < 1.29 is 5.11 Å². The van der Waals surface area contributed by atoms with E-state index >= 15 is 0 Å². The van der Waals surface area contributed by atoms with E-state index in [2.05, 4.69) is 26.1 Å². The SMILES string of the molecule is Nc1cc(-c2cccc(O)c2Br)[nH]n1. The molecular formula is C9H8BrN3O. The normalized spacial score (nSPS) is 10.4. The molecule has 1 aromatic carbocycles. The Kier molecular flexibility index (Phi) is 2.17. The number of anilines is 1. The Hall–Kier alpha value is -1.49. The zero-order valence-electron chi connectivity index (χ0n) is 7.16. The molecule has 5 heteroatoms. The van der Waals surface area contributed by atoms with Gasteiger partial charge < -0.3 is 10.8 Å². The first-order valence-electron chi connectivity index (χ1n) is 3.97. The topological polar surface area (TPSA) is 74.9 Å². The van der Waals surface area contributed by atoms with Crippen molar-refractivity contribution in [2.75, 3.05) is 5.73 Å². The molecule has 0 saturated carbocycles. The van der Waals surface area contributed by atoms with E-state index in [1.807, 2.05) is 6.07 Å². The summed E-state index contributed by atoms with van der Waals surface area (Å²) in [4.78, 5) is 0. The van der Waals surface area contributed by atoms with Crippen LogP contribution in [0.2, 0.25) is 0 Å². The summed E-state index contributed by atoms with van der Waals surface area (Å²) < 4.78 is 0.628. The highest BCUT2D eigenvalue weighted by Crippen LogP contribution is 2.33. The zero-order valence-corrected chi connectivity index (χ0v) is 8.75. The number of H-pyrrole nitrogens is 1. The molecule has 0 saturated heterocycles. The van der Waals surface area contributed by atoms with Crippen molar-refractivity contribution in [3.8, 4) is 17.0 Å². The van der Waals surface area contributed by atoms with Crippen LogP contribution in [0.5, 0.6) is 5.75 Å². The lowest BCUT2D eigenvalue weighted by Crippen LogP contribution is -1.81. The minimum atomic E-state index is 0.190. The smallest absolute Gasteiger partial charge is 0.145 e. The number of rotatable bonds is 1. The zero-order chi connectivity index (χ0) is 10.1. The number of phenolic OH excluding ortho intramolecular Hbond substituents is 1. The van der Waals surface area contributed by atoms with Gasteiger partial charge in [0.25, 0.3) is 0 Å². The molecule has 72 valence electrons. The molecule has 0 bridgehead atoms. The Morgan fingerprint density at radius 3 is 2.86 bits per heavy atom. The molecule has 0 aliphatic carbocycles. The van der Waals surface area contributed by atoms with Gasteiger partial charge in [-0.1, -0.05) is 12.1 Å². The van der Waals surface area contributed by atoms with Crippen LogP contribution in [-0.4, -0.2) is 15.3 Å². The highest BCUT2D eigenvalue weighted by molar-refractivity contribution is 9.10. The number of aromatic hydroxyl groups is 1. The maximum absolute atomic E-state index is 9.46. The fourth-order valence-corrected chi connectivity index (χ4v) is 1.68. The van der Waals surface area contributed by atoms with Gasteiger partial charge in [0.2, 0.25) is 0 Å².